The van der Waals surface area contributed by atoms with Gasteiger partial charge in [-0.3, -0.25) is 4.79 Å². The molecule has 0 fully saturated rings. The molecule has 6 nitrogen and oxygen atoms in total. The highest BCUT2D eigenvalue weighted by atomic mass is 32.2. The molecule has 4 N–H and O–H groups in total. The number of hydrogen-bond donors (Lipinski definition) is 3. The highest BCUT2D eigenvalue weighted by Crippen LogP contribution is 2.12. The number of nitrogens with one attached hydrogen (secondary N) is 2. The van der Waals surface area contributed by atoms with Crippen molar-refractivity contribution in [1.82, 2.24) is 0 Å². The quantitative estimate of drug-likeness (QED) is 0.702. The molecule has 1 heterocycles. The van der Waals surface area contributed by atoms with E-state index in [4.69, 9.17) is 5.14 Å². The summed E-state index contributed by atoms with van der Waals surface area (Å²) in [6.07, 6.45) is 0. The normalized spacial score (nSPS) is 14.2. The molecule has 0 aliphatic carbocycles. The van der Waals surface area contributed by atoms with E-state index in [9.17, 15) is 13.2 Å². The number of quaternary nitrogens is 1. The Labute approximate surface area is 140 Å². The number of hydrogen-bond acceptors (Lipinski definition) is 4. The number of carbonyl (C=O) groups is 1. The van der Waals surface area contributed by atoms with Crippen LogP contribution in [0, 0.1) is 0 Å². The van der Waals surface area contributed by atoms with Crippen LogP contribution in [0.15, 0.2) is 46.0 Å². The van der Waals surface area contributed by atoms with Crippen LogP contribution in [0.3, 0.4) is 0 Å². The van der Waals surface area contributed by atoms with Gasteiger partial charge in [0.2, 0.25) is 10.0 Å². The molecule has 0 spiro atoms. The van der Waals surface area contributed by atoms with Gasteiger partial charge in [-0.15, -0.1) is 0 Å². The molecule has 1 aromatic heterocycles. The second kappa shape index (κ2) is 7.22. The molecular formula is C15H20N3O3S2+. The van der Waals surface area contributed by atoms with Crippen molar-refractivity contribution in [2.24, 2.45) is 5.14 Å². The van der Waals surface area contributed by atoms with Gasteiger partial charge in [-0.05, 0) is 48.0 Å². The minimum absolute atomic E-state index is 0.0174. The summed E-state index contributed by atoms with van der Waals surface area (Å²) in [6, 6.07) is 7.60. The lowest BCUT2D eigenvalue weighted by molar-refractivity contribution is -0.907. The fourth-order valence-corrected chi connectivity index (χ4v) is 3.25. The molecule has 0 aliphatic rings. The molecule has 2 atom stereocenters. The third kappa shape index (κ3) is 4.87. The maximum Gasteiger partial charge on any atom is 0.282 e. The Bertz CT molecular complexity index is 756. The number of thiophene rings is 1. The zero-order chi connectivity index (χ0) is 17.0. The average molecular weight is 354 g/mol. The molecule has 0 aliphatic heterocycles. The zero-order valence-corrected chi connectivity index (χ0v) is 14.6. The number of primary sulfonamides is 1. The number of anilines is 1. The Morgan fingerprint density at radius 1 is 1.30 bits per heavy atom. The summed E-state index contributed by atoms with van der Waals surface area (Å²) in [5, 5.41) is 11.9. The first kappa shape index (κ1) is 17.6. The minimum Gasteiger partial charge on any atom is -0.324 e. The van der Waals surface area contributed by atoms with E-state index in [0.29, 0.717) is 5.69 Å². The molecule has 1 unspecified atom stereocenters. The summed E-state index contributed by atoms with van der Waals surface area (Å²) in [4.78, 5) is 13.4. The predicted octanol–water partition coefficient (Wildman–Crippen LogP) is 0.437. The molecule has 0 bridgehead atoms. The zero-order valence-electron chi connectivity index (χ0n) is 12.9. The van der Waals surface area contributed by atoms with Gasteiger partial charge >= 0.3 is 0 Å². The van der Waals surface area contributed by atoms with Gasteiger partial charge in [-0.1, -0.05) is 0 Å². The summed E-state index contributed by atoms with van der Waals surface area (Å²) in [6.45, 7) is 2.62. The molecule has 124 valence electrons. The number of likely N-dealkylation sites (N-methyl/N-ethyl adjacent to an activating group) is 1. The van der Waals surface area contributed by atoms with E-state index in [-0.39, 0.29) is 16.8 Å². The number of rotatable bonds is 6. The van der Waals surface area contributed by atoms with E-state index in [1.807, 2.05) is 25.4 Å². The number of nitrogens with two attached hydrogens (primary N) is 1. The van der Waals surface area contributed by atoms with Gasteiger partial charge in [0.1, 0.15) is 6.54 Å². The first-order chi connectivity index (χ1) is 10.8. The summed E-state index contributed by atoms with van der Waals surface area (Å²) in [7, 11) is -1.76. The van der Waals surface area contributed by atoms with Crippen LogP contribution in [0.5, 0.6) is 0 Å². The van der Waals surface area contributed by atoms with Crippen LogP contribution in [0.2, 0.25) is 0 Å². The summed E-state index contributed by atoms with van der Waals surface area (Å²) in [5.74, 6) is -0.124. The molecule has 1 amide bonds. The Morgan fingerprint density at radius 2 is 1.96 bits per heavy atom. The van der Waals surface area contributed by atoms with Crippen LogP contribution < -0.4 is 15.4 Å². The molecular weight excluding hydrogens is 334 g/mol. The largest absolute Gasteiger partial charge is 0.324 e. The van der Waals surface area contributed by atoms with Crippen molar-refractivity contribution in [3.63, 3.8) is 0 Å². The van der Waals surface area contributed by atoms with Crippen molar-refractivity contribution in [2.75, 3.05) is 12.4 Å². The van der Waals surface area contributed by atoms with Crippen LogP contribution in [-0.2, 0) is 21.4 Å². The number of benzene rings is 1. The molecule has 1 aromatic carbocycles. The van der Waals surface area contributed by atoms with Crippen LogP contribution in [0.25, 0.3) is 0 Å². The fraction of sp³-hybridized carbons (Fsp3) is 0.267. The minimum atomic E-state index is -3.72. The maximum atomic E-state index is 12.3. The van der Waals surface area contributed by atoms with Gasteiger partial charge in [0.15, 0.2) is 6.04 Å². The fourth-order valence-electron chi connectivity index (χ4n) is 2.07. The number of carbonyl (C=O) groups excluding carboxylic acids is 1. The highest BCUT2D eigenvalue weighted by Gasteiger charge is 2.22. The van der Waals surface area contributed by atoms with Crippen molar-refractivity contribution in [3.8, 4) is 0 Å². The lowest BCUT2D eigenvalue weighted by Gasteiger charge is -2.20. The van der Waals surface area contributed by atoms with Crippen molar-refractivity contribution in [2.45, 2.75) is 24.4 Å². The second-order valence-electron chi connectivity index (χ2n) is 5.44. The van der Waals surface area contributed by atoms with E-state index in [1.54, 1.807) is 11.3 Å². The maximum absolute atomic E-state index is 12.3. The standard InChI is InChI=1S/C15H19N3O3S2/c1-11(18(2)9-12-7-8-22-10-12)15(19)17-13-3-5-14(6-4-13)23(16,20)21/h3-8,10-11H,9H2,1-2H3,(H,17,19)(H2,16,20,21)/p+1/t11-/m1/s1. The third-order valence-electron chi connectivity index (χ3n) is 3.65. The van der Waals surface area contributed by atoms with E-state index < -0.39 is 10.0 Å². The SMILES string of the molecule is C[C@H](C(=O)Nc1ccc(S(N)(=O)=O)cc1)[NH+](C)Cc1ccsc1. The van der Waals surface area contributed by atoms with Crippen LogP contribution in [0.4, 0.5) is 5.69 Å². The summed E-state index contributed by atoms with van der Waals surface area (Å²) < 4.78 is 22.4. The molecule has 0 saturated carbocycles. The van der Waals surface area contributed by atoms with Crippen molar-refractivity contribution in [3.05, 3.63) is 46.7 Å². The van der Waals surface area contributed by atoms with Gasteiger partial charge in [0, 0.05) is 11.3 Å². The first-order valence-corrected chi connectivity index (χ1v) is 9.53. The Kier molecular flexibility index (Phi) is 5.53. The summed E-state index contributed by atoms with van der Waals surface area (Å²) in [5.41, 5.74) is 1.74. The highest BCUT2D eigenvalue weighted by molar-refractivity contribution is 7.89. The monoisotopic (exact) mass is 354 g/mol. The number of amides is 1. The van der Waals surface area contributed by atoms with Gasteiger partial charge in [-0.25, -0.2) is 13.6 Å². The van der Waals surface area contributed by atoms with E-state index in [0.717, 1.165) is 11.4 Å². The van der Waals surface area contributed by atoms with Crippen molar-refractivity contribution < 1.29 is 18.1 Å². The van der Waals surface area contributed by atoms with E-state index in [2.05, 4.69) is 10.7 Å². The smallest absolute Gasteiger partial charge is 0.282 e. The van der Waals surface area contributed by atoms with Crippen LogP contribution >= 0.6 is 11.3 Å². The second-order valence-corrected chi connectivity index (χ2v) is 7.78. The Morgan fingerprint density at radius 3 is 2.48 bits per heavy atom. The summed E-state index contributed by atoms with van der Waals surface area (Å²) >= 11 is 1.63. The number of sulfonamides is 1. The first-order valence-electron chi connectivity index (χ1n) is 7.04. The molecule has 2 aromatic rings. The lowest BCUT2D eigenvalue weighted by atomic mass is 10.2. The van der Waals surface area contributed by atoms with Crippen molar-refractivity contribution in [1.29, 1.82) is 0 Å². The lowest BCUT2D eigenvalue weighted by Crippen LogP contribution is -3.12. The third-order valence-corrected chi connectivity index (χ3v) is 5.31. The molecule has 2 rings (SSSR count). The Balaban J connectivity index is 1.97. The van der Waals surface area contributed by atoms with Gasteiger partial charge in [0.25, 0.3) is 5.91 Å². The van der Waals surface area contributed by atoms with Gasteiger partial charge in [0.05, 0.1) is 11.9 Å². The van der Waals surface area contributed by atoms with Crippen LogP contribution in [-0.4, -0.2) is 27.4 Å². The molecule has 8 heteroatoms. The topological polar surface area (TPSA) is 93.7 Å². The Hall–Kier alpha value is -1.74. The van der Waals surface area contributed by atoms with Gasteiger partial charge < -0.3 is 10.2 Å². The average Bonchev–Trinajstić information content (AvgIpc) is 2.98. The van der Waals surface area contributed by atoms with E-state index >= 15 is 0 Å². The molecule has 0 radical (unpaired) electrons. The van der Waals surface area contributed by atoms with Crippen molar-refractivity contribution >= 4 is 33.0 Å². The van der Waals surface area contributed by atoms with Crippen LogP contribution in [0.1, 0.15) is 12.5 Å². The van der Waals surface area contributed by atoms with Gasteiger partial charge in [-0.2, -0.15) is 11.3 Å². The molecule has 23 heavy (non-hydrogen) atoms. The molecule has 0 saturated heterocycles. The predicted molar refractivity (Wildman–Crippen MR) is 90.8 cm³/mol. The van der Waals surface area contributed by atoms with E-state index in [1.165, 1.54) is 29.8 Å².